The highest BCUT2D eigenvalue weighted by Gasteiger charge is 2.29. The van der Waals surface area contributed by atoms with Crippen molar-refractivity contribution in [3.05, 3.63) is 46.7 Å². The van der Waals surface area contributed by atoms with Gasteiger partial charge in [-0.25, -0.2) is 4.39 Å². The van der Waals surface area contributed by atoms with E-state index in [1.807, 2.05) is 4.90 Å². The van der Waals surface area contributed by atoms with E-state index in [-0.39, 0.29) is 37.4 Å². The second-order valence-corrected chi connectivity index (χ2v) is 6.81. The summed E-state index contributed by atoms with van der Waals surface area (Å²) in [6.45, 7) is 0.604. The lowest BCUT2D eigenvalue weighted by Crippen LogP contribution is -2.43. The molecular formula is C19H16ClFN2O4. The second-order valence-electron chi connectivity index (χ2n) is 6.40. The fourth-order valence-electron chi connectivity index (χ4n) is 3.34. The number of ether oxygens (including phenoxy) is 2. The van der Waals surface area contributed by atoms with E-state index in [4.69, 9.17) is 21.1 Å². The van der Waals surface area contributed by atoms with Gasteiger partial charge >= 0.3 is 0 Å². The molecule has 0 aromatic heterocycles. The number of benzene rings is 2. The number of hydrogen-bond donors (Lipinski definition) is 1. The average molecular weight is 391 g/mol. The van der Waals surface area contributed by atoms with Crippen molar-refractivity contribution in [3.63, 3.8) is 0 Å². The highest BCUT2D eigenvalue weighted by molar-refractivity contribution is 6.33. The van der Waals surface area contributed by atoms with Crippen LogP contribution in [0.15, 0.2) is 30.3 Å². The molecule has 2 aromatic rings. The first-order valence-electron chi connectivity index (χ1n) is 8.43. The SMILES string of the molecule is O=CC[C@H]1COc2cc(F)ccc2N1Cc1cc(Cl)c2c(c1)NC(=O)CO2. The van der Waals surface area contributed by atoms with Crippen molar-refractivity contribution in [1.82, 2.24) is 0 Å². The van der Waals surface area contributed by atoms with Crippen LogP contribution < -0.4 is 19.7 Å². The molecule has 2 aromatic carbocycles. The Morgan fingerprint density at radius 2 is 2.15 bits per heavy atom. The Morgan fingerprint density at radius 1 is 1.30 bits per heavy atom. The number of halogens is 2. The van der Waals surface area contributed by atoms with Gasteiger partial charge in [-0.1, -0.05) is 11.6 Å². The predicted molar refractivity (Wildman–Crippen MR) is 98.1 cm³/mol. The molecule has 0 spiro atoms. The number of nitrogens with zero attached hydrogens (tertiary/aromatic N) is 1. The van der Waals surface area contributed by atoms with Crippen molar-refractivity contribution in [3.8, 4) is 11.5 Å². The molecule has 0 saturated carbocycles. The van der Waals surface area contributed by atoms with Gasteiger partial charge in [0, 0.05) is 19.0 Å². The minimum atomic E-state index is -0.390. The molecule has 1 atom stereocenters. The summed E-state index contributed by atoms with van der Waals surface area (Å²) in [4.78, 5) is 24.7. The van der Waals surface area contributed by atoms with Crippen LogP contribution in [0.25, 0.3) is 0 Å². The lowest BCUT2D eigenvalue weighted by molar-refractivity contribution is -0.118. The molecule has 4 rings (SSSR count). The zero-order valence-corrected chi connectivity index (χ0v) is 15.0. The highest BCUT2D eigenvalue weighted by Crippen LogP contribution is 2.39. The van der Waals surface area contributed by atoms with Gasteiger partial charge in [0.1, 0.15) is 24.5 Å². The van der Waals surface area contributed by atoms with E-state index >= 15 is 0 Å². The topological polar surface area (TPSA) is 67.9 Å². The van der Waals surface area contributed by atoms with Crippen LogP contribution >= 0.6 is 11.6 Å². The number of amides is 1. The summed E-state index contributed by atoms with van der Waals surface area (Å²) >= 11 is 6.31. The molecule has 0 radical (unpaired) electrons. The fourth-order valence-corrected chi connectivity index (χ4v) is 3.63. The van der Waals surface area contributed by atoms with Crippen LogP contribution in [0.2, 0.25) is 5.02 Å². The maximum Gasteiger partial charge on any atom is 0.262 e. The molecule has 140 valence electrons. The monoisotopic (exact) mass is 390 g/mol. The van der Waals surface area contributed by atoms with Crippen molar-refractivity contribution >= 4 is 35.2 Å². The predicted octanol–water partition coefficient (Wildman–Crippen LogP) is 3.17. The second kappa shape index (κ2) is 7.08. The Labute approximate surface area is 159 Å². The summed E-state index contributed by atoms with van der Waals surface area (Å²) in [6.07, 6.45) is 1.11. The maximum absolute atomic E-state index is 13.5. The van der Waals surface area contributed by atoms with Crippen LogP contribution in [0.4, 0.5) is 15.8 Å². The zero-order valence-electron chi connectivity index (χ0n) is 14.2. The van der Waals surface area contributed by atoms with Crippen molar-refractivity contribution in [2.45, 2.75) is 19.0 Å². The van der Waals surface area contributed by atoms with Gasteiger partial charge in [0.15, 0.2) is 12.4 Å². The van der Waals surface area contributed by atoms with E-state index in [1.54, 1.807) is 18.2 Å². The quantitative estimate of drug-likeness (QED) is 0.812. The third kappa shape index (κ3) is 3.42. The average Bonchev–Trinajstić information content (AvgIpc) is 2.63. The van der Waals surface area contributed by atoms with Crippen LogP contribution in [0, 0.1) is 5.82 Å². The number of anilines is 2. The minimum absolute atomic E-state index is 0.0735. The zero-order chi connectivity index (χ0) is 19.0. The summed E-state index contributed by atoms with van der Waals surface area (Å²) in [6, 6.07) is 7.66. The molecule has 27 heavy (non-hydrogen) atoms. The van der Waals surface area contributed by atoms with Crippen molar-refractivity contribution in [2.75, 3.05) is 23.4 Å². The number of hydrogen-bond acceptors (Lipinski definition) is 5. The maximum atomic E-state index is 13.5. The molecule has 0 aliphatic carbocycles. The van der Waals surface area contributed by atoms with Gasteiger partial charge in [-0.15, -0.1) is 0 Å². The molecule has 6 nitrogen and oxygen atoms in total. The molecule has 2 heterocycles. The van der Waals surface area contributed by atoms with E-state index in [9.17, 15) is 14.0 Å². The lowest BCUT2D eigenvalue weighted by Gasteiger charge is -2.38. The molecule has 2 aliphatic rings. The molecule has 2 aliphatic heterocycles. The third-order valence-corrected chi connectivity index (χ3v) is 4.83. The van der Waals surface area contributed by atoms with Crippen LogP contribution in [0.3, 0.4) is 0 Å². The molecule has 1 N–H and O–H groups in total. The number of aldehydes is 1. The summed E-state index contributed by atoms with van der Waals surface area (Å²) in [5.41, 5.74) is 2.02. The number of nitrogens with one attached hydrogen (secondary N) is 1. The first-order valence-corrected chi connectivity index (χ1v) is 8.80. The van der Waals surface area contributed by atoms with Crippen molar-refractivity contribution in [2.24, 2.45) is 0 Å². The Bertz CT molecular complexity index is 921. The molecular weight excluding hydrogens is 375 g/mol. The normalized spacial score (nSPS) is 17.9. The Morgan fingerprint density at radius 3 is 2.96 bits per heavy atom. The number of carbonyl (C=O) groups is 2. The largest absolute Gasteiger partial charge is 0.489 e. The number of fused-ring (bicyclic) bond motifs is 2. The van der Waals surface area contributed by atoms with E-state index in [0.29, 0.717) is 34.4 Å². The van der Waals surface area contributed by atoms with Crippen LogP contribution in [-0.2, 0) is 16.1 Å². The van der Waals surface area contributed by atoms with Gasteiger partial charge in [0.05, 0.1) is 22.4 Å². The van der Waals surface area contributed by atoms with Gasteiger partial charge in [0.2, 0.25) is 0 Å². The van der Waals surface area contributed by atoms with Gasteiger partial charge in [-0.05, 0) is 29.8 Å². The molecule has 0 bridgehead atoms. The van der Waals surface area contributed by atoms with Crippen molar-refractivity contribution in [1.29, 1.82) is 0 Å². The lowest BCUT2D eigenvalue weighted by atomic mass is 10.1. The summed E-state index contributed by atoms with van der Waals surface area (Å²) in [5.74, 6) is 0.229. The van der Waals surface area contributed by atoms with E-state index in [2.05, 4.69) is 5.32 Å². The van der Waals surface area contributed by atoms with Crippen LogP contribution in [0.5, 0.6) is 11.5 Å². The summed E-state index contributed by atoms with van der Waals surface area (Å²) < 4.78 is 24.5. The first kappa shape index (κ1) is 17.6. The van der Waals surface area contributed by atoms with E-state index in [1.165, 1.54) is 12.1 Å². The molecule has 0 fully saturated rings. The standard InChI is InChI=1S/C19H16ClFN2O4/c20-14-5-11(6-15-19(14)27-10-18(25)22-15)8-23-13(3-4-24)9-26-17-7-12(21)1-2-16(17)23/h1-2,4-7,13H,3,8-10H2,(H,22,25)/t13-/m0/s1. The van der Waals surface area contributed by atoms with Gasteiger partial charge in [0.25, 0.3) is 5.91 Å². The first-order chi connectivity index (χ1) is 13.0. The summed E-state index contributed by atoms with van der Waals surface area (Å²) in [7, 11) is 0. The Hall–Kier alpha value is -2.80. The molecule has 8 heteroatoms. The molecule has 1 amide bonds. The fraction of sp³-hybridized carbons (Fsp3) is 0.263. The van der Waals surface area contributed by atoms with Gasteiger partial charge in [-0.3, -0.25) is 4.79 Å². The highest BCUT2D eigenvalue weighted by atomic mass is 35.5. The Kier molecular flexibility index (Phi) is 4.61. The van der Waals surface area contributed by atoms with Crippen LogP contribution in [-0.4, -0.2) is 31.4 Å². The molecule has 0 saturated heterocycles. The van der Waals surface area contributed by atoms with Gasteiger partial charge < -0.3 is 24.5 Å². The van der Waals surface area contributed by atoms with E-state index < -0.39 is 0 Å². The van der Waals surface area contributed by atoms with E-state index in [0.717, 1.165) is 11.8 Å². The smallest absolute Gasteiger partial charge is 0.262 e. The summed E-state index contributed by atoms with van der Waals surface area (Å²) in [5, 5.41) is 3.13. The number of carbonyl (C=O) groups excluding carboxylic acids is 2. The van der Waals surface area contributed by atoms with Crippen LogP contribution in [0.1, 0.15) is 12.0 Å². The minimum Gasteiger partial charge on any atom is -0.489 e. The van der Waals surface area contributed by atoms with Gasteiger partial charge in [-0.2, -0.15) is 0 Å². The molecule has 0 unspecified atom stereocenters. The third-order valence-electron chi connectivity index (χ3n) is 4.55. The Balaban J connectivity index is 1.69. The van der Waals surface area contributed by atoms with Crippen molar-refractivity contribution < 1.29 is 23.5 Å². The number of rotatable bonds is 4.